The first-order valence-corrected chi connectivity index (χ1v) is 56.4. The third kappa shape index (κ3) is 96.6. The van der Waals surface area contributed by atoms with Gasteiger partial charge >= 0.3 is 6.03 Å². The fraction of sp³-hybridized carbons (Fsp3) is 0.750. The third-order valence-electron chi connectivity index (χ3n) is 22.8. The van der Waals surface area contributed by atoms with Crippen LogP contribution in [0, 0.1) is 101 Å². The Balaban J connectivity index is -0.000000200. The molecule has 6 fully saturated rings. The number of nitrogens with one attached hydrogen (secondary N) is 1. The zero-order chi connectivity index (χ0) is 114. The molecule has 0 saturated carbocycles. The normalized spacial score (nSPS) is 14.9. The van der Waals surface area contributed by atoms with Crippen molar-refractivity contribution in [3.63, 3.8) is 0 Å². The van der Waals surface area contributed by atoms with Crippen LogP contribution >= 0.6 is 11.8 Å². The summed E-state index contributed by atoms with van der Waals surface area (Å²) in [5.41, 5.74) is 3.38. The average molecular weight is 2090 g/mol. The second-order valence-corrected chi connectivity index (χ2v) is 46.9. The zero-order valence-electron chi connectivity index (χ0n) is 101. The van der Waals surface area contributed by atoms with Gasteiger partial charge < -0.3 is 34.6 Å². The third-order valence-corrected chi connectivity index (χ3v) is 23.6. The fourth-order valence-corrected chi connectivity index (χ4v) is 14.0. The van der Waals surface area contributed by atoms with Gasteiger partial charge in [-0.3, -0.25) is 67.4 Å². The Labute approximate surface area is 909 Å². The minimum Gasteiger partial charge on any atom is -0.342 e. The van der Waals surface area contributed by atoms with E-state index in [1.165, 1.54) is 167 Å². The minimum absolute atomic E-state index is 0. The lowest BCUT2D eigenvalue weighted by atomic mass is 9.98. The number of benzene rings is 2. The van der Waals surface area contributed by atoms with Gasteiger partial charge in [0.1, 0.15) is 34.5 Å². The predicted molar refractivity (Wildman–Crippen MR) is 632 cm³/mol. The maximum Gasteiger partial charge on any atom is 0.333 e. The molecule has 6 saturated heterocycles. The van der Waals surface area contributed by atoms with Crippen LogP contribution in [0.15, 0.2) is 96.2 Å². The maximum atomic E-state index is 11.6. The summed E-state index contributed by atoms with van der Waals surface area (Å²) >= 11 is 1.09. The number of thioether (sulfide) groups is 1. The number of allylic oxidation sites excluding steroid dienone is 3. The Hall–Kier alpha value is -7.44. The highest BCUT2D eigenvalue weighted by molar-refractivity contribution is 8.14. The van der Waals surface area contributed by atoms with Crippen molar-refractivity contribution in [2.45, 2.75) is 394 Å². The fourth-order valence-electron chi connectivity index (χ4n) is 13.3. The van der Waals surface area contributed by atoms with Crippen molar-refractivity contribution in [2.24, 2.45) is 101 Å². The van der Waals surface area contributed by atoms with E-state index >= 15 is 0 Å². The van der Waals surface area contributed by atoms with Gasteiger partial charge in [-0.25, -0.2) is 4.79 Å². The van der Waals surface area contributed by atoms with Gasteiger partial charge in [-0.15, -0.1) is 0 Å². The van der Waals surface area contributed by atoms with E-state index in [4.69, 9.17) is 0 Å². The van der Waals surface area contributed by atoms with Gasteiger partial charge in [-0.05, 0) is 195 Å². The molecule has 8 rings (SSSR count). The highest BCUT2D eigenvalue weighted by Crippen LogP contribution is 2.22. The number of hydrogen-bond donors (Lipinski definition) is 1. The van der Waals surface area contributed by atoms with Gasteiger partial charge in [0.15, 0.2) is 5.78 Å². The number of barbiturate groups is 1. The summed E-state index contributed by atoms with van der Waals surface area (Å²) in [6.07, 6.45) is 22.4. The predicted octanol–water partition coefficient (Wildman–Crippen LogP) is 28.7. The number of rotatable bonds is 31. The van der Waals surface area contributed by atoms with Crippen molar-refractivity contribution in [3.05, 3.63) is 107 Å². The van der Waals surface area contributed by atoms with Crippen LogP contribution in [0.3, 0.4) is 0 Å². The SMILES string of the molecule is C.C.C=C1CC(=O)/C(=C\C(C)C)C(=O)N1.CC(=O)C(C)C.CC(=O)C(C)C.CC(=O)CCCC(C)C.CC(C)C(=O)Cc1ccccc1.CC(C)C(=O)N1CCCCC1.CC(C)C=C1C(=O)N(C)C(=O)N(C)C1=O.CC(C)CC(=O)C(C)C.CC(C)CCC(C)C.CC(C)CCc1ccccc1.CC(C)CN(C)C.CC(C)CN1C(=O)CSC1=O.CC(C)CN1CCCCC1.CCC(C)C.CCN1CCN(CC(C)C)CC1. The number of imide groups is 3. The molecule has 0 spiro atoms. The van der Waals surface area contributed by atoms with Crippen LogP contribution < -0.4 is 5.32 Å². The van der Waals surface area contributed by atoms with E-state index in [-0.39, 0.29) is 108 Å². The first-order valence-electron chi connectivity index (χ1n) is 55.4. The molecule has 1 N–H and O–H groups in total. The average Bonchev–Trinajstić information content (AvgIpc) is 1.65. The molecule has 22 nitrogen and oxygen atoms in total. The molecule has 2 aromatic carbocycles. The molecule has 0 bridgehead atoms. The lowest BCUT2D eigenvalue weighted by Crippen LogP contribution is -2.53. The number of amides is 8. The van der Waals surface area contributed by atoms with E-state index in [9.17, 15) is 62.3 Å². The molecule has 0 radical (unpaired) electrons. The summed E-state index contributed by atoms with van der Waals surface area (Å²) in [5, 5.41) is 2.45. The Morgan fingerprint density at radius 3 is 1.10 bits per heavy atom. The summed E-state index contributed by atoms with van der Waals surface area (Å²) < 4.78 is 0. The Morgan fingerprint density at radius 2 is 0.803 bits per heavy atom. The molecule has 0 aromatic heterocycles. The quantitative estimate of drug-likeness (QED) is 0.0543. The standard InChI is InChI=1S/C11H14O.C11H16.C10H14N2O3.C10H22N2.C10H13NO2.C9H17NO.C9H19N.2C8H16O.C8H18.C7H11NO2S.C6H15N.2C5H10O.C5H12.2CH4/c1-9(2)11(12)8-10-6-4-3-5-7-10;1-10(2)8-9-11-6-4-3-5-7-11;1-6(2)5-7-8(13)11(3)10(15)12(4)9(7)14;1-4-11-5-7-12(8-6-11)9-10(2)3;1-6(2)4-8-9(12)5-7(3)11-10(8)13;1-8(2)9(11)10-6-4-3-5-7-10;1-9(2)8-10-6-4-3-5-7-10;1-6(2)5-8(9)7(3)4;1-7(2)5-4-6-8(3)9;1-7(2)5-6-8(3)4;1-5(2)3-8-6(9)4-11-7(8)10;1-6(2)5-7(3)4;2*1-4(2)5(3)6;1-4-5(2)3;;/h3-7,9H,8H2,1-2H3;3-7,10H,8-9H2,1-2H3;5-6H,1-4H3;10H,4-9H2,1-3H3;4,6H,3,5H2,1-2H3,(H,11,13);8H,3-7H2,1-2H3;9H,3-8H2,1-2H3;6-7H,5H2,1-4H3;7H,4-6H2,1-3H3;7-8H,5-6H2,1-4H3;5H,3-4H2,1-2H3;6H,5H2,1-4H3;2*4H,1-3H3;5H,4H2,1-3H3;2*1H4/b;;;;8-4+;;;;;;;;;;;;. The van der Waals surface area contributed by atoms with Crippen LogP contribution in [0.1, 0.15) is 392 Å². The number of likely N-dealkylation sites (tertiary alicyclic amines) is 2. The largest absolute Gasteiger partial charge is 0.342 e. The number of hydrogen-bond acceptors (Lipinski definition) is 18. The van der Waals surface area contributed by atoms with Gasteiger partial charge in [0.05, 0.1) is 17.7 Å². The zero-order valence-corrected chi connectivity index (χ0v) is 102. The summed E-state index contributed by atoms with van der Waals surface area (Å²) in [4.78, 5) is 159. The molecule has 8 amide bonds. The Kier molecular flexibility index (Phi) is 101. The van der Waals surface area contributed by atoms with Crippen molar-refractivity contribution in [2.75, 3.05) is 119 Å². The molecule has 23 heteroatoms. The highest BCUT2D eigenvalue weighted by Gasteiger charge is 2.38. The van der Waals surface area contributed by atoms with E-state index in [0.29, 0.717) is 59.5 Å². The van der Waals surface area contributed by atoms with Crippen LogP contribution in [0.5, 0.6) is 0 Å². The first kappa shape index (κ1) is 157. The van der Waals surface area contributed by atoms with E-state index in [0.717, 1.165) is 107 Å². The van der Waals surface area contributed by atoms with Crippen molar-refractivity contribution >= 4 is 87.3 Å². The molecular formula is C124H231N9O13S. The van der Waals surface area contributed by atoms with E-state index in [1.807, 2.05) is 146 Å². The van der Waals surface area contributed by atoms with Gasteiger partial charge in [0.2, 0.25) is 11.8 Å². The monoisotopic (exact) mass is 2090 g/mol. The van der Waals surface area contributed by atoms with Crippen molar-refractivity contribution in [1.82, 2.24) is 44.5 Å². The van der Waals surface area contributed by atoms with Crippen LogP contribution in [-0.4, -0.2) is 234 Å². The summed E-state index contributed by atoms with van der Waals surface area (Å²) in [5.74, 6) is 9.40. The molecule has 0 unspecified atom stereocenters. The first-order chi connectivity index (χ1) is 67.1. The molecule has 6 aliphatic rings. The molecule has 2 aromatic rings. The van der Waals surface area contributed by atoms with Crippen molar-refractivity contribution in [1.29, 1.82) is 0 Å². The minimum atomic E-state index is -0.592. The summed E-state index contributed by atoms with van der Waals surface area (Å²) in [7, 11) is 6.92. The summed E-state index contributed by atoms with van der Waals surface area (Å²) in [6, 6.07) is 19.9. The molecule has 856 valence electrons. The number of piperidine rings is 3. The van der Waals surface area contributed by atoms with Gasteiger partial charge in [-0.1, -0.05) is 387 Å². The number of carbonyl (C=O) groups excluding carboxylic acids is 13. The molecular weight excluding hydrogens is 1860 g/mol. The Bertz CT molecular complexity index is 3740. The maximum absolute atomic E-state index is 11.6. The van der Waals surface area contributed by atoms with Gasteiger partial charge in [0.25, 0.3) is 23.0 Å². The molecule has 147 heavy (non-hydrogen) atoms. The van der Waals surface area contributed by atoms with Gasteiger partial charge in [0, 0.05) is 128 Å². The number of ketones is 6. The number of likely N-dealkylation sites (N-methyl/N-ethyl adjacent to an activating group) is 3. The van der Waals surface area contributed by atoms with Crippen LogP contribution in [0.4, 0.5) is 9.59 Å². The Morgan fingerprint density at radius 1 is 0.429 bits per heavy atom. The number of aryl methyl sites for hydroxylation is 1. The molecule has 0 atom stereocenters. The lowest BCUT2D eigenvalue weighted by Gasteiger charge is -2.34. The van der Waals surface area contributed by atoms with Crippen LogP contribution in [0.2, 0.25) is 0 Å². The smallest absolute Gasteiger partial charge is 0.333 e. The van der Waals surface area contributed by atoms with Crippen LogP contribution in [0.25, 0.3) is 0 Å². The van der Waals surface area contributed by atoms with E-state index in [1.54, 1.807) is 32.9 Å². The second kappa shape index (κ2) is 94.5. The van der Waals surface area contributed by atoms with Crippen LogP contribution in [-0.2, 0) is 65.6 Å². The molecule has 6 aliphatic heterocycles. The lowest BCUT2D eigenvalue weighted by molar-refractivity contribution is -0.136. The van der Waals surface area contributed by atoms with Gasteiger partial charge in [-0.2, -0.15) is 0 Å². The highest BCUT2D eigenvalue weighted by atomic mass is 32.2. The van der Waals surface area contributed by atoms with E-state index < -0.39 is 17.8 Å². The number of urea groups is 1. The molecule has 6 heterocycles. The topological polar surface area (TPSA) is 260 Å². The number of Topliss-reactive ketones (excluding diaryl/α,β-unsaturated/α-hetero) is 6. The van der Waals surface area contributed by atoms with Crippen molar-refractivity contribution in [3.8, 4) is 0 Å². The second-order valence-electron chi connectivity index (χ2n) is 46.0. The molecule has 0 aliphatic carbocycles. The summed E-state index contributed by atoms with van der Waals surface area (Å²) in [6.45, 7) is 99.2. The number of nitrogens with zero attached hydrogens (tertiary/aromatic N) is 8. The van der Waals surface area contributed by atoms with Crippen molar-refractivity contribution < 1.29 is 62.3 Å². The number of carbonyl (C=O) groups is 13. The van der Waals surface area contributed by atoms with E-state index in [2.05, 4.69) is 214 Å². The number of piperazine rings is 1.